The van der Waals surface area contributed by atoms with E-state index < -0.39 is 0 Å². The first-order valence-corrected chi connectivity index (χ1v) is 11.7. The van der Waals surface area contributed by atoms with Crippen molar-refractivity contribution in [3.8, 4) is 17.2 Å². The van der Waals surface area contributed by atoms with Gasteiger partial charge >= 0.3 is 0 Å². The van der Waals surface area contributed by atoms with E-state index in [-0.39, 0.29) is 11.3 Å². The van der Waals surface area contributed by atoms with Crippen molar-refractivity contribution in [1.82, 2.24) is 0 Å². The lowest BCUT2D eigenvalue weighted by Crippen LogP contribution is -2.24. The van der Waals surface area contributed by atoms with Gasteiger partial charge in [-0.25, -0.2) is 0 Å². The van der Waals surface area contributed by atoms with Crippen LogP contribution in [0.1, 0.15) is 90.4 Å². The van der Waals surface area contributed by atoms with Crippen LogP contribution in [0, 0.1) is 5.41 Å². The molecule has 30 heavy (non-hydrogen) atoms. The molecule has 1 aliphatic rings. The molecular weight excluding hydrogens is 378 g/mol. The Bertz CT molecular complexity index is 630. The molecular formula is C25H41NO4. The van der Waals surface area contributed by atoms with Gasteiger partial charge < -0.3 is 19.5 Å². The molecule has 0 saturated heterocycles. The average molecular weight is 420 g/mol. The Morgan fingerprint density at radius 1 is 0.833 bits per heavy atom. The molecule has 1 fully saturated rings. The van der Waals surface area contributed by atoms with E-state index >= 15 is 0 Å². The second kappa shape index (κ2) is 12.7. The molecule has 5 nitrogen and oxygen atoms in total. The molecule has 0 atom stereocenters. The highest BCUT2D eigenvalue weighted by Gasteiger charge is 2.49. The third-order valence-electron chi connectivity index (χ3n) is 6.30. The second-order valence-corrected chi connectivity index (χ2v) is 8.57. The van der Waals surface area contributed by atoms with Gasteiger partial charge in [0.25, 0.3) is 0 Å². The minimum atomic E-state index is -0.212. The summed E-state index contributed by atoms with van der Waals surface area (Å²) < 4.78 is 16.2. The van der Waals surface area contributed by atoms with Gasteiger partial charge in [-0.3, -0.25) is 4.79 Å². The van der Waals surface area contributed by atoms with Crippen molar-refractivity contribution in [2.75, 3.05) is 26.6 Å². The topological polar surface area (TPSA) is 56.8 Å². The van der Waals surface area contributed by atoms with E-state index in [0.29, 0.717) is 22.9 Å². The Kier molecular flexibility index (Phi) is 10.3. The van der Waals surface area contributed by atoms with E-state index in [1.165, 1.54) is 57.8 Å². The summed E-state index contributed by atoms with van der Waals surface area (Å²) in [5.41, 5.74) is 0.371. The molecule has 0 heterocycles. The standard InChI is InChI=1S/C25H41NO4/c1-5-6-7-8-9-10-11-12-13-14-15-25(16-17-25)24(27)26-23-21(29-3)18-20(28-2)19-22(23)30-4/h18-19H,5-17H2,1-4H3,(H,26,27). The molecule has 2 rings (SSSR count). The maximum Gasteiger partial charge on any atom is 0.230 e. The Morgan fingerprint density at radius 2 is 1.33 bits per heavy atom. The molecule has 1 amide bonds. The number of hydrogen-bond acceptors (Lipinski definition) is 4. The summed E-state index contributed by atoms with van der Waals surface area (Å²) in [6, 6.07) is 3.53. The van der Waals surface area contributed by atoms with Gasteiger partial charge in [-0.1, -0.05) is 71.1 Å². The third-order valence-corrected chi connectivity index (χ3v) is 6.30. The molecule has 0 spiro atoms. The molecule has 1 saturated carbocycles. The minimum Gasteiger partial charge on any atom is -0.496 e. The Labute approximate surface area is 182 Å². The summed E-state index contributed by atoms with van der Waals surface area (Å²) in [4.78, 5) is 13.0. The van der Waals surface area contributed by atoms with E-state index in [4.69, 9.17) is 14.2 Å². The van der Waals surface area contributed by atoms with Gasteiger partial charge in [-0.2, -0.15) is 0 Å². The Morgan fingerprint density at radius 3 is 1.77 bits per heavy atom. The lowest BCUT2D eigenvalue weighted by Gasteiger charge is -2.19. The number of benzene rings is 1. The molecule has 0 aromatic heterocycles. The predicted octanol–water partition coefficient (Wildman–Crippen LogP) is 6.74. The maximum atomic E-state index is 13.0. The smallest absolute Gasteiger partial charge is 0.230 e. The quantitative estimate of drug-likeness (QED) is 0.301. The highest BCUT2D eigenvalue weighted by molar-refractivity contribution is 5.99. The number of rotatable bonds is 16. The monoisotopic (exact) mass is 419 g/mol. The number of nitrogens with one attached hydrogen (secondary N) is 1. The van der Waals surface area contributed by atoms with Gasteiger partial charge in [-0.05, 0) is 19.3 Å². The number of amides is 1. The van der Waals surface area contributed by atoms with Crippen LogP contribution in [0.2, 0.25) is 0 Å². The molecule has 0 bridgehead atoms. The van der Waals surface area contributed by atoms with Gasteiger partial charge in [0.15, 0.2) is 0 Å². The van der Waals surface area contributed by atoms with Crippen LogP contribution in [0.5, 0.6) is 17.2 Å². The normalized spacial score (nSPS) is 14.3. The van der Waals surface area contributed by atoms with Crippen LogP contribution in [0.15, 0.2) is 12.1 Å². The largest absolute Gasteiger partial charge is 0.496 e. The Hall–Kier alpha value is -1.91. The fraction of sp³-hybridized carbons (Fsp3) is 0.720. The number of hydrogen-bond donors (Lipinski definition) is 1. The van der Waals surface area contributed by atoms with Crippen molar-refractivity contribution >= 4 is 11.6 Å². The number of methoxy groups -OCH3 is 3. The van der Waals surface area contributed by atoms with Crippen LogP contribution in [0.4, 0.5) is 5.69 Å². The average Bonchev–Trinajstić information content (AvgIpc) is 3.56. The van der Waals surface area contributed by atoms with Gasteiger partial charge in [0.1, 0.15) is 22.9 Å². The van der Waals surface area contributed by atoms with Crippen molar-refractivity contribution in [1.29, 1.82) is 0 Å². The summed E-state index contributed by atoms with van der Waals surface area (Å²) in [5, 5.41) is 3.08. The molecule has 1 aliphatic carbocycles. The highest BCUT2D eigenvalue weighted by atomic mass is 16.5. The van der Waals surface area contributed by atoms with E-state index in [2.05, 4.69) is 12.2 Å². The van der Waals surface area contributed by atoms with Crippen molar-refractivity contribution in [2.45, 2.75) is 90.4 Å². The number of anilines is 1. The second-order valence-electron chi connectivity index (χ2n) is 8.57. The van der Waals surface area contributed by atoms with E-state index in [1.807, 2.05) is 0 Å². The zero-order valence-corrected chi connectivity index (χ0v) is 19.5. The molecule has 170 valence electrons. The van der Waals surface area contributed by atoms with Gasteiger partial charge in [0, 0.05) is 17.5 Å². The highest BCUT2D eigenvalue weighted by Crippen LogP contribution is 2.52. The molecule has 0 aliphatic heterocycles. The molecule has 1 aromatic carbocycles. The fourth-order valence-corrected chi connectivity index (χ4v) is 4.07. The summed E-state index contributed by atoms with van der Waals surface area (Å²) in [7, 11) is 4.76. The van der Waals surface area contributed by atoms with Crippen molar-refractivity contribution in [3.63, 3.8) is 0 Å². The summed E-state index contributed by atoms with van der Waals surface area (Å²) in [6.07, 6.45) is 16.0. The summed E-state index contributed by atoms with van der Waals surface area (Å²) in [5.74, 6) is 1.82. The van der Waals surface area contributed by atoms with Crippen LogP contribution < -0.4 is 19.5 Å². The van der Waals surface area contributed by atoms with Gasteiger partial charge in [0.05, 0.1) is 21.3 Å². The number of carbonyl (C=O) groups is 1. The number of ether oxygens (including phenoxy) is 3. The van der Waals surface area contributed by atoms with Crippen molar-refractivity contribution in [3.05, 3.63) is 12.1 Å². The van der Waals surface area contributed by atoms with Crippen LogP contribution in [0.3, 0.4) is 0 Å². The first kappa shape index (κ1) is 24.4. The first-order chi connectivity index (χ1) is 14.6. The predicted molar refractivity (Wildman–Crippen MR) is 123 cm³/mol. The van der Waals surface area contributed by atoms with Crippen molar-refractivity contribution < 1.29 is 19.0 Å². The molecule has 1 aromatic rings. The lowest BCUT2D eigenvalue weighted by atomic mass is 9.96. The summed E-state index contributed by atoms with van der Waals surface area (Å²) in [6.45, 7) is 2.26. The molecule has 5 heteroatoms. The number of unbranched alkanes of at least 4 members (excludes halogenated alkanes) is 9. The fourth-order valence-electron chi connectivity index (χ4n) is 4.07. The van der Waals surface area contributed by atoms with E-state index in [9.17, 15) is 4.79 Å². The molecule has 0 radical (unpaired) electrons. The maximum absolute atomic E-state index is 13.0. The first-order valence-electron chi connectivity index (χ1n) is 11.7. The van der Waals surface area contributed by atoms with Crippen molar-refractivity contribution in [2.24, 2.45) is 5.41 Å². The zero-order valence-electron chi connectivity index (χ0n) is 19.5. The lowest BCUT2D eigenvalue weighted by molar-refractivity contribution is -0.121. The SMILES string of the molecule is CCCCCCCCCCCCC1(C(=O)Nc2c(OC)cc(OC)cc2OC)CC1. The number of carbonyl (C=O) groups excluding carboxylic acids is 1. The van der Waals surface area contributed by atoms with E-state index in [1.54, 1.807) is 33.5 Å². The van der Waals surface area contributed by atoms with E-state index in [0.717, 1.165) is 25.7 Å². The van der Waals surface area contributed by atoms with Crippen LogP contribution in [0.25, 0.3) is 0 Å². The molecule has 0 unspecified atom stereocenters. The summed E-state index contributed by atoms with van der Waals surface area (Å²) >= 11 is 0. The zero-order chi connectivity index (χ0) is 21.8. The van der Waals surface area contributed by atoms with Gasteiger partial charge in [0.2, 0.25) is 5.91 Å². The minimum absolute atomic E-state index is 0.0835. The third kappa shape index (κ3) is 7.10. The van der Waals surface area contributed by atoms with Crippen LogP contribution in [-0.2, 0) is 4.79 Å². The van der Waals surface area contributed by atoms with Gasteiger partial charge in [-0.15, -0.1) is 0 Å². The van der Waals surface area contributed by atoms with Crippen LogP contribution in [-0.4, -0.2) is 27.2 Å². The Balaban J connectivity index is 1.77. The molecule has 1 N–H and O–H groups in total. The van der Waals surface area contributed by atoms with Crippen LogP contribution >= 0.6 is 0 Å².